The van der Waals surface area contributed by atoms with Crippen LogP contribution in [0.1, 0.15) is 36.0 Å². The number of rotatable bonds is 6. The standard InChI is InChI=1S/C19H24N2O3/c1-13-9-16-15(12-24-17(16)10-14(13)2)11-18(22)20-6-4-8-21-7-3-5-19(21)23/h9-10,12H,3-8,11H2,1-2H3,(H,20,22). The average molecular weight is 328 g/mol. The summed E-state index contributed by atoms with van der Waals surface area (Å²) in [6, 6.07) is 4.09. The molecule has 0 spiro atoms. The Morgan fingerprint density at radius 3 is 2.83 bits per heavy atom. The number of carbonyl (C=O) groups is 2. The first-order chi connectivity index (χ1) is 11.5. The average Bonchev–Trinajstić information content (AvgIpc) is 3.12. The van der Waals surface area contributed by atoms with Crippen molar-refractivity contribution in [3.05, 3.63) is 35.1 Å². The van der Waals surface area contributed by atoms with E-state index in [4.69, 9.17) is 4.42 Å². The predicted molar refractivity (Wildman–Crippen MR) is 92.8 cm³/mol. The summed E-state index contributed by atoms with van der Waals surface area (Å²) in [5, 5.41) is 3.94. The van der Waals surface area contributed by atoms with Gasteiger partial charge in [0, 0.05) is 37.0 Å². The van der Waals surface area contributed by atoms with Crippen molar-refractivity contribution in [2.24, 2.45) is 0 Å². The number of hydrogen-bond donors (Lipinski definition) is 1. The van der Waals surface area contributed by atoms with Crippen molar-refractivity contribution < 1.29 is 14.0 Å². The first-order valence-electron chi connectivity index (χ1n) is 8.56. The number of carbonyl (C=O) groups excluding carboxylic acids is 2. The van der Waals surface area contributed by atoms with E-state index in [1.165, 1.54) is 11.1 Å². The minimum absolute atomic E-state index is 0.0105. The molecule has 0 bridgehead atoms. The Kier molecular flexibility index (Phi) is 4.88. The van der Waals surface area contributed by atoms with Gasteiger partial charge in [-0.15, -0.1) is 0 Å². The highest BCUT2D eigenvalue weighted by atomic mass is 16.3. The van der Waals surface area contributed by atoms with Crippen LogP contribution in [-0.4, -0.2) is 36.3 Å². The molecular formula is C19H24N2O3. The van der Waals surface area contributed by atoms with Gasteiger partial charge in [-0.05, 0) is 49.9 Å². The van der Waals surface area contributed by atoms with Crippen molar-refractivity contribution in [3.63, 3.8) is 0 Å². The monoisotopic (exact) mass is 328 g/mol. The second-order valence-electron chi connectivity index (χ2n) is 6.56. The second-order valence-corrected chi connectivity index (χ2v) is 6.56. The van der Waals surface area contributed by atoms with Gasteiger partial charge in [0.15, 0.2) is 0 Å². The van der Waals surface area contributed by atoms with E-state index in [1.807, 2.05) is 11.0 Å². The normalized spacial score (nSPS) is 14.6. The quantitative estimate of drug-likeness (QED) is 0.829. The molecule has 0 radical (unpaired) electrons. The molecule has 1 fully saturated rings. The summed E-state index contributed by atoms with van der Waals surface area (Å²) in [6.45, 7) is 6.29. The fraction of sp³-hybridized carbons (Fsp3) is 0.474. The van der Waals surface area contributed by atoms with E-state index < -0.39 is 0 Å². The second kappa shape index (κ2) is 7.07. The van der Waals surface area contributed by atoms with Gasteiger partial charge < -0.3 is 14.6 Å². The fourth-order valence-corrected chi connectivity index (χ4v) is 3.15. The van der Waals surface area contributed by atoms with E-state index in [-0.39, 0.29) is 11.8 Å². The van der Waals surface area contributed by atoms with Crippen LogP contribution < -0.4 is 5.32 Å². The Balaban J connectivity index is 1.50. The predicted octanol–water partition coefficient (Wildman–Crippen LogP) is 2.72. The molecule has 0 saturated carbocycles. The summed E-state index contributed by atoms with van der Waals surface area (Å²) in [5.41, 5.74) is 4.12. The van der Waals surface area contributed by atoms with Crippen LogP contribution in [0.25, 0.3) is 11.0 Å². The van der Waals surface area contributed by atoms with Crippen molar-refractivity contribution in [3.8, 4) is 0 Å². The third-order valence-corrected chi connectivity index (χ3v) is 4.72. The minimum Gasteiger partial charge on any atom is -0.464 e. The Bertz CT molecular complexity index is 763. The Labute approximate surface area is 142 Å². The molecule has 1 aromatic heterocycles. The molecule has 128 valence electrons. The molecule has 0 aliphatic carbocycles. The first-order valence-corrected chi connectivity index (χ1v) is 8.56. The van der Waals surface area contributed by atoms with Crippen molar-refractivity contribution in [2.45, 2.75) is 39.5 Å². The van der Waals surface area contributed by atoms with Crippen LogP contribution in [0.4, 0.5) is 0 Å². The van der Waals surface area contributed by atoms with E-state index in [0.717, 1.165) is 42.5 Å². The van der Waals surface area contributed by atoms with Gasteiger partial charge in [0.25, 0.3) is 0 Å². The number of benzene rings is 1. The molecule has 1 saturated heterocycles. The van der Waals surface area contributed by atoms with Crippen molar-refractivity contribution in [1.82, 2.24) is 10.2 Å². The minimum atomic E-state index is -0.0105. The lowest BCUT2D eigenvalue weighted by atomic mass is 10.0. The van der Waals surface area contributed by atoms with Gasteiger partial charge in [-0.3, -0.25) is 9.59 Å². The van der Waals surface area contributed by atoms with Crippen molar-refractivity contribution in [1.29, 1.82) is 0 Å². The summed E-state index contributed by atoms with van der Waals surface area (Å²) in [7, 11) is 0. The molecule has 1 N–H and O–H groups in total. The van der Waals surface area contributed by atoms with Gasteiger partial charge in [0.1, 0.15) is 5.58 Å². The fourth-order valence-electron chi connectivity index (χ4n) is 3.15. The van der Waals surface area contributed by atoms with Crippen molar-refractivity contribution in [2.75, 3.05) is 19.6 Å². The molecule has 24 heavy (non-hydrogen) atoms. The Morgan fingerprint density at radius 1 is 1.29 bits per heavy atom. The third-order valence-electron chi connectivity index (χ3n) is 4.72. The van der Waals surface area contributed by atoms with E-state index in [1.54, 1.807) is 6.26 Å². The maximum atomic E-state index is 12.1. The smallest absolute Gasteiger partial charge is 0.224 e. The molecule has 0 atom stereocenters. The van der Waals surface area contributed by atoms with Gasteiger partial charge >= 0.3 is 0 Å². The SMILES string of the molecule is Cc1cc2occ(CC(=O)NCCCN3CCCC3=O)c2cc1C. The summed E-state index contributed by atoms with van der Waals surface area (Å²) < 4.78 is 5.57. The van der Waals surface area contributed by atoms with Crippen LogP contribution in [0, 0.1) is 13.8 Å². The number of furan rings is 1. The summed E-state index contributed by atoms with van der Waals surface area (Å²) in [5.74, 6) is 0.223. The van der Waals surface area contributed by atoms with Crippen LogP contribution >= 0.6 is 0 Å². The van der Waals surface area contributed by atoms with E-state index in [9.17, 15) is 9.59 Å². The lowest BCUT2D eigenvalue weighted by molar-refractivity contribution is -0.127. The Hall–Kier alpha value is -2.30. The molecule has 0 unspecified atom stereocenters. The maximum Gasteiger partial charge on any atom is 0.224 e. The highest BCUT2D eigenvalue weighted by molar-refractivity contribution is 5.88. The highest BCUT2D eigenvalue weighted by Crippen LogP contribution is 2.25. The molecule has 1 aliphatic rings. The van der Waals surface area contributed by atoms with Gasteiger partial charge in [0.2, 0.25) is 11.8 Å². The molecule has 2 amide bonds. The summed E-state index contributed by atoms with van der Waals surface area (Å²) >= 11 is 0. The van der Waals surface area contributed by atoms with Crippen molar-refractivity contribution >= 4 is 22.8 Å². The van der Waals surface area contributed by atoms with Crippen LogP contribution in [0.3, 0.4) is 0 Å². The number of likely N-dealkylation sites (tertiary alicyclic amines) is 1. The van der Waals surface area contributed by atoms with Crippen LogP contribution in [0.5, 0.6) is 0 Å². The van der Waals surface area contributed by atoms with Crippen LogP contribution in [0.2, 0.25) is 0 Å². The lowest BCUT2D eigenvalue weighted by Crippen LogP contribution is -2.31. The van der Waals surface area contributed by atoms with E-state index in [2.05, 4.69) is 25.2 Å². The van der Waals surface area contributed by atoms with E-state index >= 15 is 0 Å². The molecule has 1 aliphatic heterocycles. The molecule has 2 heterocycles. The van der Waals surface area contributed by atoms with Gasteiger partial charge in [-0.25, -0.2) is 0 Å². The third kappa shape index (κ3) is 3.61. The van der Waals surface area contributed by atoms with E-state index in [0.29, 0.717) is 19.4 Å². The number of hydrogen-bond acceptors (Lipinski definition) is 3. The van der Waals surface area contributed by atoms with Crippen LogP contribution in [-0.2, 0) is 16.0 Å². The maximum absolute atomic E-state index is 12.1. The molecule has 2 aromatic rings. The zero-order valence-corrected chi connectivity index (χ0v) is 14.4. The zero-order valence-electron chi connectivity index (χ0n) is 14.4. The number of nitrogens with one attached hydrogen (secondary N) is 1. The summed E-state index contributed by atoms with van der Waals surface area (Å²) in [6.07, 6.45) is 4.41. The highest BCUT2D eigenvalue weighted by Gasteiger charge is 2.19. The lowest BCUT2D eigenvalue weighted by Gasteiger charge is -2.15. The van der Waals surface area contributed by atoms with Gasteiger partial charge in [-0.1, -0.05) is 0 Å². The number of fused-ring (bicyclic) bond motifs is 1. The van der Waals surface area contributed by atoms with Gasteiger partial charge in [-0.2, -0.15) is 0 Å². The Morgan fingerprint density at radius 2 is 2.08 bits per heavy atom. The van der Waals surface area contributed by atoms with Gasteiger partial charge in [0.05, 0.1) is 12.7 Å². The number of aryl methyl sites for hydroxylation is 2. The molecular weight excluding hydrogens is 304 g/mol. The molecule has 1 aromatic carbocycles. The molecule has 5 heteroatoms. The zero-order chi connectivity index (χ0) is 17.1. The number of amides is 2. The topological polar surface area (TPSA) is 62.6 Å². The number of nitrogens with zero attached hydrogens (tertiary/aromatic N) is 1. The largest absolute Gasteiger partial charge is 0.464 e. The molecule has 3 rings (SSSR count). The summed E-state index contributed by atoms with van der Waals surface area (Å²) in [4.78, 5) is 25.5. The first kappa shape index (κ1) is 16.6. The van der Waals surface area contributed by atoms with Crippen LogP contribution in [0.15, 0.2) is 22.8 Å². The molecule has 5 nitrogen and oxygen atoms in total.